The van der Waals surface area contributed by atoms with Crippen LogP contribution in [-0.2, 0) is 17.4 Å². The van der Waals surface area contributed by atoms with E-state index in [4.69, 9.17) is 5.73 Å². The average molecular weight is 484 g/mol. The largest absolute Gasteiger partial charge is 0.755 e. The number of halogens is 6. The van der Waals surface area contributed by atoms with Gasteiger partial charge in [0.15, 0.2) is 0 Å². The minimum atomic E-state index is -4.60. The highest BCUT2D eigenvalue weighted by atomic mass is 32.2. The normalized spacial score (nSPS) is 17.8. The minimum Gasteiger partial charge on any atom is -0.755 e. The predicted octanol–water partition coefficient (Wildman–Crippen LogP) is 3.81. The fraction of sp³-hybridized carbons (Fsp3) is 0.444. The third-order valence-electron chi connectivity index (χ3n) is 4.60. The number of nitrogens with zero attached hydrogens (tertiary/aromatic N) is 2. The number of nitrogens with one attached hydrogen (secondary N) is 2. The van der Waals surface area contributed by atoms with Gasteiger partial charge < -0.3 is 20.3 Å². The van der Waals surface area contributed by atoms with Crippen molar-refractivity contribution in [1.29, 1.82) is 0 Å². The van der Waals surface area contributed by atoms with E-state index in [0.717, 1.165) is 18.7 Å². The van der Waals surface area contributed by atoms with Crippen LogP contribution in [-0.4, -0.2) is 38.2 Å². The zero-order chi connectivity index (χ0) is 24.1. The Kier molecular flexibility index (Phi) is 8.42. The monoisotopic (exact) mass is 484 g/mol. The summed E-state index contributed by atoms with van der Waals surface area (Å²) in [7, 11) is 0. The lowest BCUT2D eigenvalue weighted by Crippen LogP contribution is -2.38. The lowest BCUT2D eigenvalue weighted by Gasteiger charge is -2.24. The van der Waals surface area contributed by atoms with E-state index in [1.807, 2.05) is 4.72 Å². The number of nitrogens with two attached hydrogens (primary N) is 1. The first-order chi connectivity index (χ1) is 14.8. The fourth-order valence-corrected chi connectivity index (χ4v) is 3.22. The van der Waals surface area contributed by atoms with Gasteiger partial charge in [-0.05, 0) is 50.1 Å². The zero-order valence-electron chi connectivity index (χ0n) is 16.7. The van der Waals surface area contributed by atoms with Crippen LogP contribution in [0.15, 0.2) is 24.3 Å². The average Bonchev–Trinajstić information content (AvgIpc) is 2.69. The number of alkyl halides is 6. The Morgan fingerprint density at radius 2 is 1.88 bits per heavy atom. The smallest absolute Gasteiger partial charge is 0.416 e. The number of hydrogen-bond acceptors (Lipinski definition) is 6. The van der Waals surface area contributed by atoms with Crippen molar-refractivity contribution in [2.45, 2.75) is 32.1 Å². The van der Waals surface area contributed by atoms with Crippen molar-refractivity contribution < 1.29 is 35.1 Å². The molecule has 1 saturated heterocycles. The molecule has 0 spiro atoms. The molecule has 0 radical (unpaired) electrons. The number of aromatic nitrogens is 2. The van der Waals surface area contributed by atoms with E-state index in [-0.39, 0.29) is 35.7 Å². The first kappa shape index (κ1) is 25.8. The van der Waals surface area contributed by atoms with Crippen molar-refractivity contribution in [1.82, 2.24) is 15.5 Å². The summed E-state index contributed by atoms with van der Waals surface area (Å²) in [6.45, 7) is 2.48. The molecule has 4 N–H and O–H groups in total. The van der Waals surface area contributed by atoms with Gasteiger partial charge in [-0.25, -0.2) is 0 Å². The molecule has 14 heteroatoms. The van der Waals surface area contributed by atoms with E-state index < -0.39 is 35.1 Å². The van der Waals surface area contributed by atoms with Gasteiger partial charge >= 0.3 is 12.4 Å². The molecule has 2 heterocycles. The van der Waals surface area contributed by atoms with Crippen molar-refractivity contribution in [3.05, 3.63) is 35.4 Å². The number of hydrogen-bond donors (Lipinski definition) is 3. The summed E-state index contributed by atoms with van der Waals surface area (Å²) >= 11 is -2.79. The van der Waals surface area contributed by atoms with E-state index in [1.165, 1.54) is 6.07 Å². The Bertz CT molecular complexity index is 948. The van der Waals surface area contributed by atoms with E-state index in [2.05, 4.69) is 15.5 Å². The Labute approximate surface area is 182 Å². The van der Waals surface area contributed by atoms with Gasteiger partial charge in [0.05, 0.1) is 22.9 Å². The highest BCUT2D eigenvalue weighted by Crippen LogP contribution is 2.36. The molecule has 0 bridgehead atoms. The minimum absolute atomic E-state index is 0.101. The summed E-state index contributed by atoms with van der Waals surface area (Å²) in [6.07, 6.45) is -7.66. The molecule has 0 amide bonds. The number of aryl methyl sites for hydroxylation is 1. The highest BCUT2D eigenvalue weighted by molar-refractivity contribution is 7.80. The molecule has 32 heavy (non-hydrogen) atoms. The second kappa shape index (κ2) is 10.4. The molecule has 3 rings (SSSR count). The molecule has 1 aliphatic heterocycles. The summed E-state index contributed by atoms with van der Waals surface area (Å²) in [4.78, 5) is 0. The van der Waals surface area contributed by atoms with E-state index in [1.54, 1.807) is 6.92 Å². The Balaban J connectivity index is 0.000000303. The maximum absolute atomic E-state index is 12.7. The second-order valence-electron chi connectivity index (χ2n) is 6.98. The quantitative estimate of drug-likeness (QED) is 0.451. The molecule has 178 valence electrons. The SMILES string of the molecule is Cc1cc(-c2ccc(C(F)(F)F)cc2NS(=O)[O-])nnc1N.FC(F)(F)[C@@H]1CCCNC1. The van der Waals surface area contributed by atoms with Gasteiger partial charge in [0.25, 0.3) is 0 Å². The summed E-state index contributed by atoms with van der Waals surface area (Å²) < 4.78 is 97.4. The lowest BCUT2D eigenvalue weighted by molar-refractivity contribution is -0.177. The molecule has 1 unspecified atom stereocenters. The van der Waals surface area contributed by atoms with Crippen molar-refractivity contribution in [3.8, 4) is 11.3 Å². The van der Waals surface area contributed by atoms with Crippen LogP contribution in [0.4, 0.5) is 37.8 Å². The number of benzene rings is 1. The standard InChI is InChI=1S/C12H11F3N4O2S.C6H10F3N/c1-6-4-9(17-18-11(6)16)8-3-2-7(12(13,14)15)5-10(8)19-22(20)21;7-6(8,9)5-2-1-3-10-4-5/h2-5,19H,1H3,(H2,16,18)(H,20,21);5,10H,1-4H2/p-1/t;5-/m.1/s1. The van der Waals surface area contributed by atoms with E-state index >= 15 is 0 Å². The molecule has 7 nitrogen and oxygen atoms in total. The zero-order valence-corrected chi connectivity index (χ0v) is 17.5. The van der Waals surface area contributed by atoms with Crippen LogP contribution in [0.5, 0.6) is 0 Å². The molecular weight excluding hydrogens is 464 g/mol. The Morgan fingerprint density at radius 3 is 2.34 bits per heavy atom. The van der Waals surface area contributed by atoms with Crippen LogP contribution in [0.1, 0.15) is 24.0 Å². The van der Waals surface area contributed by atoms with Crippen LogP contribution < -0.4 is 15.8 Å². The molecule has 1 aliphatic rings. The first-order valence-corrected chi connectivity index (χ1v) is 10.3. The summed E-state index contributed by atoms with van der Waals surface area (Å²) in [5.41, 5.74) is 5.23. The Morgan fingerprint density at radius 1 is 1.19 bits per heavy atom. The van der Waals surface area contributed by atoms with Crippen LogP contribution in [0.3, 0.4) is 0 Å². The molecule has 2 atom stereocenters. The third kappa shape index (κ3) is 7.31. The number of anilines is 2. The third-order valence-corrected chi connectivity index (χ3v) is 4.99. The number of piperidine rings is 1. The number of rotatable bonds is 3. The van der Waals surface area contributed by atoms with E-state index in [9.17, 15) is 35.1 Å². The van der Waals surface area contributed by atoms with Gasteiger partial charge in [0.2, 0.25) is 0 Å². The van der Waals surface area contributed by atoms with Gasteiger partial charge in [-0.2, -0.15) is 26.3 Å². The molecule has 1 aromatic carbocycles. The summed E-state index contributed by atoms with van der Waals surface area (Å²) in [5, 5.41) is 10.2. The predicted molar refractivity (Wildman–Crippen MR) is 106 cm³/mol. The fourth-order valence-electron chi connectivity index (χ4n) is 2.88. The lowest BCUT2D eigenvalue weighted by atomic mass is 9.99. The van der Waals surface area contributed by atoms with E-state index in [0.29, 0.717) is 18.1 Å². The van der Waals surface area contributed by atoms with Gasteiger partial charge in [0.1, 0.15) is 5.82 Å². The highest BCUT2D eigenvalue weighted by Gasteiger charge is 2.39. The Hall–Kier alpha value is -2.45. The van der Waals surface area contributed by atoms with Gasteiger partial charge in [-0.1, -0.05) is 6.07 Å². The number of nitrogen functional groups attached to an aromatic ring is 1. The van der Waals surface area contributed by atoms with Crippen LogP contribution >= 0.6 is 0 Å². The van der Waals surface area contributed by atoms with Gasteiger partial charge in [-0.3, -0.25) is 4.21 Å². The van der Waals surface area contributed by atoms with Crippen molar-refractivity contribution >= 4 is 22.8 Å². The van der Waals surface area contributed by atoms with Crippen molar-refractivity contribution in [2.24, 2.45) is 5.92 Å². The van der Waals surface area contributed by atoms with Crippen molar-refractivity contribution in [2.75, 3.05) is 23.5 Å². The molecule has 1 fully saturated rings. The van der Waals surface area contributed by atoms with Crippen molar-refractivity contribution in [3.63, 3.8) is 0 Å². The molecular formula is C18H20F6N5O2S-. The summed E-state index contributed by atoms with van der Waals surface area (Å²) in [5.74, 6) is -0.932. The maximum Gasteiger partial charge on any atom is 0.416 e. The van der Waals surface area contributed by atoms with Crippen LogP contribution in [0.25, 0.3) is 11.3 Å². The summed E-state index contributed by atoms with van der Waals surface area (Å²) in [6, 6.07) is 4.15. The molecule has 1 aromatic heterocycles. The van der Waals surface area contributed by atoms with Gasteiger partial charge in [-0.15, -0.1) is 10.2 Å². The second-order valence-corrected chi connectivity index (χ2v) is 7.65. The van der Waals surface area contributed by atoms with Crippen LogP contribution in [0.2, 0.25) is 0 Å². The first-order valence-electron chi connectivity index (χ1n) is 9.23. The molecule has 0 saturated carbocycles. The maximum atomic E-state index is 12.7. The van der Waals surface area contributed by atoms with Crippen LogP contribution in [0, 0.1) is 12.8 Å². The van der Waals surface area contributed by atoms with Gasteiger partial charge in [0, 0.05) is 23.4 Å². The molecule has 2 aromatic rings. The topological polar surface area (TPSA) is 116 Å². The molecule has 0 aliphatic carbocycles.